The van der Waals surface area contributed by atoms with Crippen molar-refractivity contribution in [1.82, 2.24) is 4.90 Å². The molecule has 1 aromatic carbocycles. The van der Waals surface area contributed by atoms with Crippen molar-refractivity contribution in [2.75, 3.05) is 13.1 Å². The Labute approximate surface area is 111 Å². The maximum absolute atomic E-state index is 13.2. The van der Waals surface area contributed by atoms with Gasteiger partial charge in [0.2, 0.25) is 5.91 Å². The van der Waals surface area contributed by atoms with Crippen molar-refractivity contribution in [3.8, 4) is 0 Å². The van der Waals surface area contributed by atoms with Crippen molar-refractivity contribution in [3.63, 3.8) is 0 Å². The van der Waals surface area contributed by atoms with E-state index in [0.29, 0.717) is 17.1 Å². The molecule has 1 saturated heterocycles. The Kier molecular flexibility index (Phi) is 4.19. The van der Waals surface area contributed by atoms with E-state index in [2.05, 4.69) is 0 Å². The van der Waals surface area contributed by atoms with Gasteiger partial charge in [0.15, 0.2) is 0 Å². The fourth-order valence-corrected chi connectivity index (χ4v) is 2.48. The second kappa shape index (κ2) is 5.67. The van der Waals surface area contributed by atoms with Gasteiger partial charge in [-0.3, -0.25) is 4.79 Å². The number of carbonyl (C=O) groups is 1. The van der Waals surface area contributed by atoms with E-state index in [4.69, 9.17) is 17.3 Å². The highest BCUT2D eigenvalue weighted by Crippen LogP contribution is 2.16. The first-order chi connectivity index (χ1) is 8.54. The number of carbonyl (C=O) groups excluding carboxylic acids is 1. The molecular formula is C13H16ClFN2O. The van der Waals surface area contributed by atoms with Gasteiger partial charge in [-0.2, -0.15) is 0 Å². The fraction of sp³-hybridized carbons (Fsp3) is 0.462. The first-order valence-corrected chi connectivity index (χ1v) is 6.41. The van der Waals surface area contributed by atoms with Gasteiger partial charge >= 0.3 is 0 Å². The predicted molar refractivity (Wildman–Crippen MR) is 68.9 cm³/mol. The summed E-state index contributed by atoms with van der Waals surface area (Å²) in [6.45, 7) is 1.32. The van der Waals surface area contributed by atoms with Crippen LogP contribution in [0.2, 0.25) is 5.02 Å². The van der Waals surface area contributed by atoms with Crippen LogP contribution in [-0.4, -0.2) is 29.9 Å². The van der Waals surface area contributed by atoms with Crippen LogP contribution in [0.5, 0.6) is 0 Å². The lowest BCUT2D eigenvalue weighted by Crippen LogP contribution is -2.46. The molecule has 1 atom stereocenters. The summed E-state index contributed by atoms with van der Waals surface area (Å²) in [5, 5.41) is 0.313. The minimum atomic E-state index is -0.416. The van der Waals surface area contributed by atoms with E-state index in [0.717, 1.165) is 19.4 Å². The number of halogens is 2. The quantitative estimate of drug-likeness (QED) is 0.893. The normalized spacial score (nSPS) is 19.9. The number of nitrogens with zero attached hydrogens (tertiary/aromatic N) is 1. The number of amides is 1. The lowest BCUT2D eigenvalue weighted by atomic mass is 10.1. The molecule has 0 spiro atoms. The molecule has 1 heterocycles. The van der Waals surface area contributed by atoms with Gasteiger partial charge in [0.1, 0.15) is 5.82 Å². The van der Waals surface area contributed by atoms with Gasteiger partial charge in [-0.15, -0.1) is 0 Å². The lowest BCUT2D eigenvalue weighted by molar-refractivity contribution is -0.131. The number of rotatable bonds is 2. The summed E-state index contributed by atoms with van der Waals surface area (Å²) in [5.41, 5.74) is 6.43. The predicted octanol–water partition coefficient (Wildman–Crippen LogP) is 1.97. The summed E-state index contributed by atoms with van der Waals surface area (Å²) in [4.78, 5) is 13.8. The van der Waals surface area contributed by atoms with Gasteiger partial charge < -0.3 is 10.6 Å². The maximum atomic E-state index is 13.2. The molecule has 1 fully saturated rings. The molecule has 0 aliphatic carbocycles. The standard InChI is InChI=1S/C13H16ClFN2O/c14-10-4-9(5-11(15)7-10)6-13(18)17-3-1-2-12(16)8-17/h4-5,7,12H,1-3,6,8,16H2/t12-/m1/s1. The van der Waals surface area contributed by atoms with Crippen LogP contribution in [0.15, 0.2) is 18.2 Å². The second-order valence-corrected chi connectivity index (χ2v) is 5.13. The third-order valence-electron chi connectivity index (χ3n) is 3.09. The van der Waals surface area contributed by atoms with E-state index >= 15 is 0 Å². The van der Waals surface area contributed by atoms with Gasteiger partial charge in [-0.1, -0.05) is 11.6 Å². The minimum Gasteiger partial charge on any atom is -0.341 e. The minimum absolute atomic E-state index is 0.0215. The molecule has 0 aromatic heterocycles. The molecule has 0 saturated carbocycles. The molecule has 2 N–H and O–H groups in total. The van der Waals surface area contributed by atoms with Crippen molar-refractivity contribution in [2.45, 2.75) is 25.3 Å². The summed E-state index contributed by atoms with van der Waals surface area (Å²) in [5.74, 6) is -0.438. The summed E-state index contributed by atoms with van der Waals surface area (Å²) >= 11 is 5.76. The van der Waals surface area contributed by atoms with Gasteiger partial charge in [0.25, 0.3) is 0 Å². The number of hydrogen-bond acceptors (Lipinski definition) is 2. The highest BCUT2D eigenvalue weighted by Gasteiger charge is 2.21. The SMILES string of the molecule is N[C@@H]1CCCN(C(=O)Cc2cc(F)cc(Cl)c2)C1. The third kappa shape index (κ3) is 3.43. The summed E-state index contributed by atoms with van der Waals surface area (Å²) in [6.07, 6.45) is 2.05. The monoisotopic (exact) mass is 270 g/mol. The molecule has 98 valence electrons. The lowest BCUT2D eigenvalue weighted by Gasteiger charge is -2.30. The molecule has 0 radical (unpaired) electrons. The Hall–Kier alpha value is -1.13. The number of hydrogen-bond donors (Lipinski definition) is 1. The molecule has 0 bridgehead atoms. The van der Waals surface area contributed by atoms with Gasteiger partial charge in [-0.05, 0) is 36.6 Å². The zero-order chi connectivity index (χ0) is 13.1. The number of likely N-dealkylation sites (tertiary alicyclic amines) is 1. The maximum Gasteiger partial charge on any atom is 0.227 e. The summed E-state index contributed by atoms with van der Waals surface area (Å²) < 4.78 is 13.2. The third-order valence-corrected chi connectivity index (χ3v) is 3.31. The number of piperidine rings is 1. The first kappa shape index (κ1) is 13.3. The van der Waals surface area contributed by atoms with Crippen LogP contribution in [0.3, 0.4) is 0 Å². The Morgan fingerprint density at radius 2 is 2.28 bits per heavy atom. The van der Waals surface area contributed by atoms with Crippen LogP contribution < -0.4 is 5.73 Å². The molecule has 0 unspecified atom stereocenters. The Bertz CT molecular complexity index is 432. The molecule has 1 aliphatic rings. The van der Waals surface area contributed by atoms with Crippen molar-refractivity contribution in [3.05, 3.63) is 34.6 Å². The fourth-order valence-electron chi connectivity index (χ4n) is 2.24. The Morgan fingerprint density at radius 1 is 1.50 bits per heavy atom. The van der Waals surface area contributed by atoms with Crippen molar-refractivity contribution in [1.29, 1.82) is 0 Å². The topological polar surface area (TPSA) is 46.3 Å². The highest BCUT2D eigenvalue weighted by atomic mass is 35.5. The molecular weight excluding hydrogens is 255 g/mol. The molecule has 3 nitrogen and oxygen atoms in total. The number of benzene rings is 1. The molecule has 2 rings (SSSR count). The van der Waals surface area contributed by atoms with Crippen molar-refractivity contribution < 1.29 is 9.18 Å². The molecule has 1 aromatic rings. The van der Waals surface area contributed by atoms with E-state index < -0.39 is 5.82 Å². The second-order valence-electron chi connectivity index (χ2n) is 4.70. The van der Waals surface area contributed by atoms with Crippen LogP contribution in [0.1, 0.15) is 18.4 Å². The van der Waals surface area contributed by atoms with Gasteiger partial charge in [-0.25, -0.2) is 4.39 Å². The van der Waals surface area contributed by atoms with Crippen LogP contribution in [0, 0.1) is 5.82 Å². The Balaban J connectivity index is 2.02. The first-order valence-electron chi connectivity index (χ1n) is 6.03. The van der Waals surface area contributed by atoms with Gasteiger partial charge in [0.05, 0.1) is 6.42 Å². The largest absolute Gasteiger partial charge is 0.341 e. The molecule has 1 amide bonds. The van der Waals surface area contributed by atoms with E-state index in [1.54, 1.807) is 11.0 Å². The van der Waals surface area contributed by atoms with E-state index in [1.165, 1.54) is 12.1 Å². The highest BCUT2D eigenvalue weighted by molar-refractivity contribution is 6.30. The number of nitrogens with two attached hydrogens (primary N) is 1. The summed E-state index contributed by atoms with van der Waals surface area (Å²) in [6, 6.07) is 4.24. The molecule has 1 aliphatic heterocycles. The van der Waals surface area contributed by atoms with Crippen molar-refractivity contribution >= 4 is 17.5 Å². The summed E-state index contributed by atoms with van der Waals surface area (Å²) in [7, 11) is 0. The van der Waals surface area contributed by atoms with Crippen molar-refractivity contribution in [2.24, 2.45) is 5.73 Å². The average molecular weight is 271 g/mol. The average Bonchev–Trinajstić information content (AvgIpc) is 2.27. The zero-order valence-corrected chi connectivity index (χ0v) is 10.8. The van der Waals surface area contributed by atoms with Crippen LogP contribution in [0.25, 0.3) is 0 Å². The van der Waals surface area contributed by atoms with E-state index in [9.17, 15) is 9.18 Å². The van der Waals surface area contributed by atoms with Crippen LogP contribution in [-0.2, 0) is 11.2 Å². The van der Waals surface area contributed by atoms with E-state index in [1.807, 2.05) is 0 Å². The van der Waals surface area contributed by atoms with Crippen LogP contribution in [0.4, 0.5) is 4.39 Å². The molecule has 18 heavy (non-hydrogen) atoms. The Morgan fingerprint density at radius 3 is 2.94 bits per heavy atom. The smallest absolute Gasteiger partial charge is 0.227 e. The molecule has 5 heteroatoms. The zero-order valence-electron chi connectivity index (χ0n) is 10.0. The van der Waals surface area contributed by atoms with Gasteiger partial charge in [0, 0.05) is 24.2 Å². The van der Waals surface area contributed by atoms with Crippen LogP contribution >= 0.6 is 11.6 Å². The van der Waals surface area contributed by atoms with E-state index in [-0.39, 0.29) is 18.4 Å².